The third kappa shape index (κ3) is 4.80. The first-order chi connectivity index (χ1) is 20.1. The molecule has 0 aliphatic carbocycles. The van der Waals surface area contributed by atoms with E-state index in [1.54, 1.807) is 13.0 Å². The number of rotatable bonds is 5. The summed E-state index contributed by atoms with van der Waals surface area (Å²) in [5, 5.41) is 0.413. The highest BCUT2D eigenvalue weighted by molar-refractivity contribution is 7.99. The molecule has 1 aromatic heterocycles. The number of alkyl halides is 3. The van der Waals surface area contributed by atoms with E-state index in [0.717, 1.165) is 23.8 Å². The molecule has 42 heavy (non-hydrogen) atoms. The molecule has 0 radical (unpaired) electrons. The molecule has 2 atom stereocenters. The highest BCUT2D eigenvalue weighted by Crippen LogP contribution is 2.45. The van der Waals surface area contributed by atoms with Crippen molar-refractivity contribution >= 4 is 11.8 Å². The standard InChI is InChI=1S/C32H27F5N2O2S/c1-17-21(15-22-23(32(35,36)37)10-5-11-24(22)33)31-39(25(16-42-31)29(38)18-7-3-2-4-8-18)30(40)27(17)20-12-13-26-19(28(20)34)9-6-14-41-26/h2-5,7-8,10-13,25,29H,6,9,14-16,38H2,1H3. The molecule has 0 bridgehead atoms. The van der Waals surface area contributed by atoms with Gasteiger partial charge in [0.25, 0.3) is 5.56 Å². The van der Waals surface area contributed by atoms with Gasteiger partial charge in [-0.15, -0.1) is 11.8 Å². The second-order valence-electron chi connectivity index (χ2n) is 10.6. The number of nitrogens with two attached hydrogens (primary N) is 1. The lowest BCUT2D eigenvalue weighted by Gasteiger charge is -2.25. The van der Waals surface area contributed by atoms with E-state index in [1.165, 1.54) is 22.4 Å². The van der Waals surface area contributed by atoms with Crippen LogP contribution < -0.4 is 16.0 Å². The van der Waals surface area contributed by atoms with Gasteiger partial charge in [0.15, 0.2) is 0 Å². The quantitative estimate of drug-likeness (QED) is 0.244. The number of halogens is 5. The van der Waals surface area contributed by atoms with Gasteiger partial charge in [0.2, 0.25) is 0 Å². The molecule has 3 heterocycles. The summed E-state index contributed by atoms with van der Waals surface area (Å²) < 4.78 is 80.1. The van der Waals surface area contributed by atoms with Crippen molar-refractivity contribution in [3.63, 3.8) is 0 Å². The molecule has 218 valence electrons. The van der Waals surface area contributed by atoms with E-state index < -0.39 is 53.0 Å². The molecule has 0 fully saturated rings. The van der Waals surface area contributed by atoms with Crippen LogP contribution in [0.15, 0.2) is 70.5 Å². The normalized spacial score (nSPS) is 17.0. The lowest BCUT2D eigenvalue weighted by atomic mass is 9.90. The van der Waals surface area contributed by atoms with Crippen molar-refractivity contribution in [3.8, 4) is 16.9 Å². The first-order valence-electron chi connectivity index (χ1n) is 13.6. The van der Waals surface area contributed by atoms with Crippen molar-refractivity contribution in [3.05, 3.63) is 116 Å². The molecule has 0 amide bonds. The molecule has 0 saturated carbocycles. The number of aromatic nitrogens is 1. The number of benzene rings is 3. The van der Waals surface area contributed by atoms with E-state index in [0.29, 0.717) is 52.7 Å². The first-order valence-corrected chi connectivity index (χ1v) is 14.6. The van der Waals surface area contributed by atoms with E-state index in [9.17, 15) is 18.0 Å². The van der Waals surface area contributed by atoms with Crippen LogP contribution in [0.25, 0.3) is 11.1 Å². The van der Waals surface area contributed by atoms with E-state index in [-0.39, 0.29) is 11.1 Å². The molecule has 0 saturated heterocycles. The predicted molar refractivity (Wildman–Crippen MR) is 152 cm³/mol. The molecule has 10 heteroatoms. The van der Waals surface area contributed by atoms with Crippen molar-refractivity contribution in [2.75, 3.05) is 12.4 Å². The Labute approximate surface area is 243 Å². The maximum absolute atomic E-state index is 16.0. The van der Waals surface area contributed by atoms with Gasteiger partial charge in [0.05, 0.1) is 34.8 Å². The van der Waals surface area contributed by atoms with E-state index in [4.69, 9.17) is 10.5 Å². The fraction of sp³-hybridized carbons (Fsp3) is 0.281. The van der Waals surface area contributed by atoms with Gasteiger partial charge < -0.3 is 10.5 Å². The fourth-order valence-electron chi connectivity index (χ4n) is 5.99. The summed E-state index contributed by atoms with van der Waals surface area (Å²) in [6, 6.07) is 13.9. The predicted octanol–water partition coefficient (Wildman–Crippen LogP) is 7.38. The average molecular weight is 599 g/mol. The van der Waals surface area contributed by atoms with Crippen molar-refractivity contribution in [2.45, 2.75) is 49.5 Å². The fourth-order valence-corrected chi connectivity index (χ4v) is 7.43. The molecule has 0 spiro atoms. The maximum Gasteiger partial charge on any atom is 0.416 e. The number of hydrogen-bond donors (Lipinski definition) is 1. The van der Waals surface area contributed by atoms with Gasteiger partial charge in [-0.1, -0.05) is 36.4 Å². The Bertz CT molecular complexity index is 1740. The summed E-state index contributed by atoms with van der Waals surface area (Å²) in [4.78, 5) is 14.3. The van der Waals surface area contributed by atoms with E-state index >= 15 is 8.78 Å². The summed E-state index contributed by atoms with van der Waals surface area (Å²) in [5.74, 6) is -0.837. The van der Waals surface area contributed by atoms with Crippen LogP contribution in [0.4, 0.5) is 22.0 Å². The van der Waals surface area contributed by atoms with Crippen LogP contribution >= 0.6 is 11.8 Å². The van der Waals surface area contributed by atoms with E-state index in [2.05, 4.69) is 0 Å². The number of ether oxygens (including phenoxy) is 1. The molecule has 2 unspecified atom stereocenters. The second kappa shape index (κ2) is 10.9. The Balaban J connectivity index is 1.60. The smallest absolute Gasteiger partial charge is 0.416 e. The summed E-state index contributed by atoms with van der Waals surface area (Å²) in [5.41, 5.74) is 6.38. The van der Waals surface area contributed by atoms with Crippen molar-refractivity contribution in [1.82, 2.24) is 4.57 Å². The minimum atomic E-state index is -4.79. The van der Waals surface area contributed by atoms with Crippen LogP contribution in [-0.4, -0.2) is 16.9 Å². The third-order valence-corrected chi connectivity index (χ3v) is 9.36. The summed E-state index contributed by atoms with van der Waals surface area (Å²) in [7, 11) is 0. The summed E-state index contributed by atoms with van der Waals surface area (Å²) in [6.45, 7) is 2.04. The summed E-state index contributed by atoms with van der Waals surface area (Å²) >= 11 is 1.29. The minimum Gasteiger partial charge on any atom is -0.493 e. The van der Waals surface area contributed by atoms with Crippen molar-refractivity contribution < 1.29 is 26.7 Å². The molecule has 2 N–H and O–H groups in total. The average Bonchev–Trinajstić information content (AvgIpc) is 3.42. The van der Waals surface area contributed by atoms with Gasteiger partial charge in [0, 0.05) is 28.9 Å². The van der Waals surface area contributed by atoms with Crippen molar-refractivity contribution in [1.29, 1.82) is 0 Å². The number of nitrogens with zero attached hydrogens (tertiary/aromatic N) is 1. The maximum atomic E-state index is 16.0. The van der Waals surface area contributed by atoms with Crippen LogP contribution in [0, 0.1) is 18.6 Å². The van der Waals surface area contributed by atoms with Crippen LogP contribution in [-0.2, 0) is 19.0 Å². The van der Waals surface area contributed by atoms with Gasteiger partial charge in [-0.3, -0.25) is 9.36 Å². The van der Waals surface area contributed by atoms with Crippen LogP contribution in [0.2, 0.25) is 0 Å². The van der Waals surface area contributed by atoms with E-state index in [1.807, 2.05) is 30.3 Å². The van der Waals surface area contributed by atoms with Gasteiger partial charge in [-0.25, -0.2) is 8.78 Å². The Hall–Kier alpha value is -3.63. The Morgan fingerprint density at radius 1 is 1.05 bits per heavy atom. The van der Waals surface area contributed by atoms with Gasteiger partial charge in [-0.2, -0.15) is 13.2 Å². The Kier molecular flexibility index (Phi) is 7.39. The van der Waals surface area contributed by atoms with Crippen LogP contribution in [0.3, 0.4) is 0 Å². The Morgan fingerprint density at radius 2 is 1.81 bits per heavy atom. The molecule has 3 aromatic carbocycles. The SMILES string of the molecule is Cc1c(Cc2c(F)cccc2C(F)(F)F)c2n(c(=O)c1-c1ccc3c(c1F)CCCO3)C(C(N)c1ccccc1)CS2. The molecule has 6 rings (SSSR count). The lowest BCUT2D eigenvalue weighted by Crippen LogP contribution is -2.33. The molecular formula is C32H27F5N2O2S. The number of fused-ring (bicyclic) bond motifs is 2. The van der Waals surface area contributed by atoms with Crippen molar-refractivity contribution in [2.24, 2.45) is 5.73 Å². The number of hydrogen-bond acceptors (Lipinski definition) is 4. The topological polar surface area (TPSA) is 57.2 Å². The minimum absolute atomic E-state index is 0.0253. The molecule has 2 aliphatic heterocycles. The zero-order valence-electron chi connectivity index (χ0n) is 22.6. The third-order valence-electron chi connectivity index (χ3n) is 8.13. The Morgan fingerprint density at radius 3 is 2.55 bits per heavy atom. The van der Waals surface area contributed by atoms with Gasteiger partial charge >= 0.3 is 6.18 Å². The zero-order valence-corrected chi connectivity index (χ0v) is 23.4. The molecular weight excluding hydrogens is 571 g/mol. The second-order valence-corrected chi connectivity index (χ2v) is 11.6. The highest BCUT2D eigenvalue weighted by atomic mass is 32.2. The van der Waals surface area contributed by atoms with Gasteiger partial charge in [-0.05, 0) is 60.7 Å². The van der Waals surface area contributed by atoms with Crippen LogP contribution in [0.5, 0.6) is 5.75 Å². The number of pyridine rings is 1. The summed E-state index contributed by atoms with van der Waals surface area (Å²) in [6.07, 6.45) is -4.20. The molecule has 4 aromatic rings. The largest absolute Gasteiger partial charge is 0.493 e. The van der Waals surface area contributed by atoms with Crippen LogP contribution in [0.1, 0.15) is 51.9 Å². The number of thioether (sulfide) groups is 1. The van der Waals surface area contributed by atoms with Gasteiger partial charge in [0.1, 0.15) is 17.4 Å². The molecule has 2 aliphatic rings. The first kappa shape index (κ1) is 28.5. The monoisotopic (exact) mass is 598 g/mol. The highest BCUT2D eigenvalue weighted by Gasteiger charge is 2.38. The zero-order chi connectivity index (χ0) is 29.8. The lowest BCUT2D eigenvalue weighted by molar-refractivity contribution is -0.138. The molecule has 4 nitrogen and oxygen atoms in total.